The molecule has 1 aliphatic rings. The monoisotopic (exact) mass is 362 g/mol. The third-order valence-corrected chi connectivity index (χ3v) is 5.85. The summed E-state index contributed by atoms with van der Waals surface area (Å²) < 4.78 is 25.8. The maximum atomic E-state index is 12.6. The molecule has 112 valence electrons. The van der Waals surface area contributed by atoms with Gasteiger partial charge in [0.25, 0.3) is 5.91 Å². The molecule has 1 aromatic heterocycles. The molecule has 2 rings (SSSR count). The van der Waals surface area contributed by atoms with Crippen LogP contribution in [0.25, 0.3) is 0 Å². The van der Waals surface area contributed by atoms with Crippen molar-refractivity contribution in [2.45, 2.75) is 32.4 Å². The molecule has 0 radical (unpaired) electrons. The summed E-state index contributed by atoms with van der Waals surface area (Å²) in [5, 5.41) is 0. The molecule has 1 fully saturated rings. The van der Waals surface area contributed by atoms with Crippen molar-refractivity contribution in [2.24, 2.45) is 0 Å². The number of halogens is 1. The highest BCUT2D eigenvalue weighted by molar-refractivity contribution is 9.10. The second-order valence-electron chi connectivity index (χ2n) is 5.52. The summed E-state index contributed by atoms with van der Waals surface area (Å²) >= 11 is 3.38. The van der Waals surface area contributed by atoms with Gasteiger partial charge >= 0.3 is 0 Å². The van der Waals surface area contributed by atoms with Crippen molar-refractivity contribution in [2.75, 3.05) is 18.6 Å². The third kappa shape index (κ3) is 3.09. The molecule has 1 aliphatic heterocycles. The highest BCUT2D eigenvalue weighted by Gasteiger charge is 2.33. The highest BCUT2D eigenvalue weighted by atomic mass is 79.9. The van der Waals surface area contributed by atoms with Gasteiger partial charge in [0, 0.05) is 29.8 Å². The lowest BCUT2D eigenvalue weighted by molar-refractivity contribution is 0.0735. The van der Waals surface area contributed by atoms with Crippen LogP contribution >= 0.6 is 15.9 Å². The van der Waals surface area contributed by atoms with E-state index in [0.717, 1.165) is 4.47 Å². The van der Waals surface area contributed by atoms with Crippen molar-refractivity contribution in [1.29, 1.82) is 0 Å². The van der Waals surface area contributed by atoms with Gasteiger partial charge < -0.3 is 9.47 Å². The summed E-state index contributed by atoms with van der Waals surface area (Å²) in [7, 11) is -1.31. The molecule has 2 heterocycles. The van der Waals surface area contributed by atoms with Crippen LogP contribution in [0.15, 0.2) is 16.7 Å². The number of aromatic nitrogens is 1. The van der Waals surface area contributed by atoms with Crippen LogP contribution in [0.3, 0.4) is 0 Å². The molecule has 7 heteroatoms. The van der Waals surface area contributed by atoms with Crippen LogP contribution in [0.1, 0.15) is 36.8 Å². The Morgan fingerprint density at radius 2 is 2.15 bits per heavy atom. The van der Waals surface area contributed by atoms with Gasteiger partial charge in [-0.15, -0.1) is 0 Å². The van der Waals surface area contributed by atoms with Gasteiger partial charge in [0.2, 0.25) is 0 Å². The van der Waals surface area contributed by atoms with Crippen LogP contribution in [0.2, 0.25) is 0 Å². The molecule has 1 unspecified atom stereocenters. The Bertz CT molecular complexity index is 622. The fraction of sp³-hybridized carbons (Fsp3) is 0.615. The second kappa shape index (κ2) is 5.52. The number of sulfone groups is 1. The van der Waals surface area contributed by atoms with E-state index in [2.05, 4.69) is 15.9 Å². The molecule has 0 bridgehead atoms. The summed E-state index contributed by atoms with van der Waals surface area (Å²) in [6.45, 7) is 4.01. The van der Waals surface area contributed by atoms with Crippen LogP contribution in [0, 0.1) is 0 Å². The molecule has 0 spiro atoms. The SMILES string of the molecule is CC(C)n1cc(Br)cc1C(=O)N(C)C1CCS(=O)(=O)C1. The first kappa shape index (κ1) is 15.6. The number of carbonyl (C=O) groups excluding carboxylic acids is 1. The van der Waals surface area contributed by atoms with Crippen molar-refractivity contribution in [1.82, 2.24) is 9.47 Å². The molecule has 1 aromatic rings. The number of hydrogen-bond donors (Lipinski definition) is 0. The van der Waals surface area contributed by atoms with E-state index in [1.54, 1.807) is 18.0 Å². The smallest absolute Gasteiger partial charge is 0.270 e. The zero-order valence-electron chi connectivity index (χ0n) is 11.8. The molecule has 1 amide bonds. The third-order valence-electron chi connectivity index (χ3n) is 3.67. The number of nitrogens with zero attached hydrogens (tertiary/aromatic N) is 2. The summed E-state index contributed by atoms with van der Waals surface area (Å²) in [6, 6.07) is 1.73. The molecule has 1 atom stereocenters. The van der Waals surface area contributed by atoms with Crippen LogP contribution in [-0.4, -0.2) is 48.4 Å². The van der Waals surface area contributed by atoms with E-state index >= 15 is 0 Å². The average Bonchev–Trinajstić information content (AvgIpc) is 2.90. The second-order valence-corrected chi connectivity index (χ2v) is 8.66. The first-order valence-corrected chi connectivity index (χ1v) is 9.17. The van der Waals surface area contributed by atoms with E-state index in [1.807, 2.05) is 24.6 Å². The quantitative estimate of drug-likeness (QED) is 0.826. The van der Waals surface area contributed by atoms with Crippen molar-refractivity contribution < 1.29 is 13.2 Å². The van der Waals surface area contributed by atoms with Crippen LogP contribution in [-0.2, 0) is 9.84 Å². The largest absolute Gasteiger partial charge is 0.340 e. The van der Waals surface area contributed by atoms with Crippen molar-refractivity contribution >= 4 is 31.7 Å². The predicted molar refractivity (Wildman–Crippen MR) is 81.7 cm³/mol. The van der Waals surface area contributed by atoms with Gasteiger partial charge in [-0.1, -0.05) is 0 Å². The van der Waals surface area contributed by atoms with Gasteiger partial charge in [0.15, 0.2) is 9.84 Å². The van der Waals surface area contributed by atoms with E-state index in [4.69, 9.17) is 0 Å². The minimum atomic E-state index is -2.99. The van der Waals surface area contributed by atoms with E-state index < -0.39 is 9.84 Å². The summed E-state index contributed by atoms with van der Waals surface area (Å²) in [5.41, 5.74) is 0.582. The van der Waals surface area contributed by atoms with Crippen LogP contribution in [0.5, 0.6) is 0 Å². The van der Waals surface area contributed by atoms with Crippen LogP contribution < -0.4 is 0 Å². The van der Waals surface area contributed by atoms with E-state index in [-0.39, 0.29) is 29.5 Å². The number of amides is 1. The summed E-state index contributed by atoms with van der Waals surface area (Å²) in [6.07, 6.45) is 2.39. The predicted octanol–water partition coefficient (Wildman–Crippen LogP) is 2.09. The topological polar surface area (TPSA) is 59.4 Å². The molecule has 0 aromatic carbocycles. The van der Waals surface area contributed by atoms with E-state index in [9.17, 15) is 13.2 Å². The molecule has 5 nitrogen and oxygen atoms in total. The van der Waals surface area contributed by atoms with Crippen LogP contribution in [0.4, 0.5) is 0 Å². The fourth-order valence-electron chi connectivity index (χ4n) is 2.47. The molecule has 0 N–H and O–H groups in total. The molecule has 1 saturated heterocycles. The minimum absolute atomic E-state index is 0.0683. The lowest BCUT2D eigenvalue weighted by Gasteiger charge is -2.24. The van der Waals surface area contributed by atoms with Gasteiger partial charge in [-0.3, -0.25) is 4.79 Å². The van der Waals surface area contributed by atoms with Gasteiger partial charge in [-0.25, -0.2) is 8.42 Å². The number of hydrogen-bond acceptors (Lipinski definition) is 3. The van der Waals surface area contributed by atoms with Gasteiger partial charge in [-0.2, -0.15) is 0 Å². The Morgan fingerprint density at radius 3 is 2.65 bits per heavy atom. The minimum Gasteiger partial charge on any atom is -0.340 e. The number of carbonyl (C=O) groups is 1. The van der Waals surface area contributed by atoms with Crippen molar-refractivity contribution in [3.05, 3.63) is 22.4 Å². The maximum Gasteiger partial charge on any atom is 0.270 e. The number of rotatable bonds is 3. The lowest BCUT2D eigenvalue weighted by Crippen LogP contribution is -2.38. The molecular formula is C13H19BrN2O3S. The normalized spacial score (nSPS) is 21.4. The molecule has 0 aliphatic carbocycles. The Hall–Kier alpha value is -0.820. The highest BCUT2D eigenvalue weighted by Crippen LogP contribution is 2.23. The lowest BCUT2D eigenvalue weighted by atomic mass is 10.2. The van der Waals surface area contributed by atoms with Crippen molar-refractivity contribution in [3.8, 4) is 0 Å². The first-order chi connectivity index (χ1) is 9.21. The zero-order valence-corrected chi connectivity index (χ0v) is 14.2. The molecule has 0 saturated carbocycles. The van der Waals surface area contributed by atoms with Gasteiger partial charge in [0.1, 0.15) is 5.69 Å². The van der Waals surface area contributed by atoms with E-state index in [0.29, 0.717) is 12.1 Å². The van der Waals surface area contributed by atoms with Gasteiger partial charge in [0.05, 0.1) is 11.5 Å². The molecular weight excluding hydrogens is 344 g/mol. The summed E-state index contributed by atoms with van der Waals surface area (Å²) in [5.74, 6) is 0.106. The standard InChI is InChI=1S/C13H19BrN2O3S/c1-9(2)16-7-10(14)6-12(16)13(17)15(3)11-4-5-20(18,19)8-11/h6-7,9,11H,4-5,8H2,1-3H3. The molecule has 20 heavy (non-hydrogen) atoms. The Kier molecular flexibility index (Phi) is 4.30. The Morgan fingerprint density at radius 1 is 1.50 bits per heavy atom. The summed E-state index contributed by atoms with van der Waals surface area (Å²) in [4.78, 5) is 14.1. The van der Waals surface area contributed by atoms with Crippen molar-refractivity contribution in [3.63, 3.8) is 0 Å². The first-order valence-electron chi connectivity index (χ1n) is 6.56. The maximum absolute atomic E-state index is 12.6. The Labute approximate surface area is 128 Å². The van der Waals surface area contributed by atoms with Gasteiger partial charge in [-0.05, 0) is 42.3 Å². The fourth-order valence-corrected chi connectivity index (χ4v) is 4.68. The zero-order chi connectivity index (χ0) is 15.1. The Balaban J connectivity index is 2.23. The van der Waals surface area contributed by atoms with E-state index in [1.165, 1.54) is 0 Å². The average molecular weight is 363 g/mol.